The molecule has 1 fully saturated rings. The maximum atomic E-state index is 13.1. The van der Waals surface area contributed by atoms with Crippen LogP contribution in [0.4, 0.5) is 11.4 Å². The molecule has 1 amide bonds. The molecule has 35 heavy (non-hydrogen) atoms. The largest absolute Gasteiger partial charge is 0.491 e. The van der Waals surface area contributed by atoms with Crippen LogP contribution in [0.3, 0.4) is 0 Å². The predicted molar refractivity (Wildman–Crippen MR) is 142 cm³/mol. The molecule has 2 aliphatic rings. The zero-order valence-corrected chi connectivity index (χ0v) is 20.7. The van der Waals surface area contributed by atoms with E-state index in [-0.39, 0.29) is 12.0 Å². The lowest BCUT2D eigenvalue weighted by molar-refractivity contribution is 0.0989. The minimum Gasteiger partial charge on any atom is -0.491 e. The number of hydrogen-bond acceptors (Lipinski definition) is 4. The smallest absolute Gasteiger partial charge is 0.258 e. The number of piperidine rings is 1. The number of carbonyl (C=O) groups is 1. The fourth-order valence-electron chi connectivity index (χ4n) is 5.38. The Morgan fingerprint density at radius 2 is 1.74 bits per heavy atom. The van der Waals surface area contributed by atoms with Gasteiger partial charge in [-0.15, -0.1) is 0 Å². The molecule has 0 bridgehead atoms. The second-order valence-corrected chi connectivity index (χ2v) is 10.0. The molecule has 0 spiro atoms. The molecule has 0 aromatic heterocycles. The van der Waals surface area contributed by atoms with Gasteiger partial charge in [0.15, 0.2) is 0 Å². The Labute approximate surface area is 208 Å². The highest BCUT2D eigenvalue weighted by molar-refractivity contribution is 6.07. The van der Waals surface area contributed by atoms with Gasteiger partial charge in [-0.25, -0.2) is 0 Å². The van der Waals surface area contributed by atoms with Gasteiger partial charge >= 0.3 is 0 Å². The predicted octanol–water partition coefficient (Wildman–Crippen LogP) is 5.64. The summed E-state index contributed by atoms with van der Waals surface area (Å²) >= 11 is 0. The fraction of sp³-hybridized carbons (Fsp3) is 0.367. The second-order valence-electron chi connectivity index (χ2n) is 10.0. The Morgan fingerprint density at radius 3 is 2.49 bits per heavy atom. The number of carbonyl (C=O) groups excluding carboxylic acids is 1. The van der Waals surface area contributed by atoms with E-state index in [0.29, 0.717) is 12.5 Å². The molecule has 5 heteroatoms. The Morgan fingerprint density at radius 1 is 1.00 bits per heavy atom. The number of hydrogen-bond donors (Lipinski definition) is 1. The van der Waals surface area contributed by atoms with Crippen molar-refractivity contribution in [3.05, 3.63) is 89.0 Å². The molecule has 0 unspecified atom stereocenters. The molecule has 1 saturated heterocycles. The number of nitrogens with zero attached hydrogens (tertiary/aromatic N) is 2. The highest BCUT2D eigenvalue weighted by atomic mass is 16.5. The molecular weight excluding hydrogens is 434 g/mol. The van der Waals surface area contributed by atoms with E-state index in [1.54, 1.807) is 0 Å². The van der Waals surface area contributed by atoms with Crippen molar-refractivity contribution in [1.29, 1.82) is 0 Å². The zero-order chi connectivity index (χ0) is 24.4. The van der Waals surface area contributed by atoms with Crippen molar-refractivity contribution in [3.8, 4) is 5.75 Å². The third-order valence-electron chi connectivity index (χ3n) is 7.16. The average molecular weight is 470 g/mol. The summed E-state index contributed by atoms with van der Waals surface area (Å²) in [5.74, 6) is 1.63. The van der Waals surface area contributed by atoms with Crippen molar-refractivity contribution >= 4 is 17.3 Å². The maximum absolute atomic E-state index is 13.1. The van der Waals surface area contributed by atoms with Crippen LogP contribution < -0.4 is 15.4 Å². The van der Waals surface area contributed by atoms with Gasteiger partial charge in [-0.1, -0.05) is 30.3 Å². The number of amides is 1. The van der Waals surface area contributed by atoms with Crippen LogP contribution in [-0.2, 0) is 13.0 Å². The number of para-hydroxylation sites is 1. The molecule has 5 rings (SSSR count). The van der Waals surface area contributed by atoms with Gasteiger partial charge in [-0.05, 0) is 105 Å². The van der Waals surface area contributed by atoms with Gasteiger partial charge in [0, 0.05) is 30.0 Å². The zero-order valence-electron chi connectivity index (χ0n) is 20.7. The Kier molecular flexibility index (Phi) is 6.78. The number of nitrogens with two attached hydrogens (primary N) is 1. The summed E-state index contributed by atoms with van der Waals surface area (Å²) in [6.45, 7) is 7.91. The number of anilines is 2. The molecule has 182 valence electrons. The van der Waals surface area contributed by atoms with Crippen LogP contribution in [0.25, 0.3) is 0 Å². The highest BCUT2D eigenvalue weighted by Crippen LogP contribution is 2.35. The SMILES string of the molecule is CC(C)Oc1ccccc1C1CCN(Cc2ccc(C(=O)N3CCc4cc(N)ccc43)cc2)CC1. The lowest BCUT2D eigenvalue weighted by Gasteiger charge is -2.33. The molecule has 2 N–H and O–H groups in total. The van der Waals surface area contributed by atoms with Crippen molar-refractivity contribution in [2.24, 2.45) is 0 Å². The van der Waals surface area contributed by atoms with E-state index in [9.17, 15) is 4.79 Å². The quantitative estimate of drug-likeness (QED) is 0.475. The summed E-state index contributed by atoms with van der Waals surface area (Å²) in [5, 5.41) is 0. The number of rotatable bonds is 6. The number of benzene rings is 3. The third kappa shape index (κ3) is 5.20. The van der Waals surface area contributed by atoms with Crippen LogP contribution >= 0.6 is 0 Å². The monoisotopic (exact) mass is 469 g/mol. The number of nitrogen functional groups attached to an aromatic ring is 1. The summed E-state index contributed by atoms with van der Waals surface area (Å²) < 4.78 is 6.06. The van der Waals surface area contributed by atoms with Gasteiger partial charge in [-0.3, -0.25) is 9.69 Å². The van der Waals surface area contributed by atoms with Gasteiger partial charge in [0.1, 0.15) is 5.75 Å². The first-order chi connectivity index (χ1) is 17.0. The van der Waals surface area contributed by atoms with E-state index >= 15 is 0 Å². The molecule has 0 saturated carbocycles. The molecule has 0 aliphatic carbocycles. The Bertz CT molecular complexity index is 1180. The van der Waals surface area contributed by atoms with Gasteiger partial charge in [0.25, 0.3) is 5.91 Å². The van der Waals surface area contributed by atoms with Crippen LogP contribution in [0.1, 0.15) is 59.7 Å². The van der Waals surface area contributed by atoms with Crippen molar-refractivity contribution in [3.63, 3.8) is 0 Å². The molecule has 0 atom stereocenters. The van der Waals surface area contributed by atoms with Crippen molar-refractivity contribution in [2.75, 3.05) is 30.3 Å². The Hall–Kier alpha value is -3.31. The van der Waals surface area contributed by atoms with Crippen molar-refractivity contribution in [1.82, 2.24) is 4.90 Å². The number of fused-ring (bicyclic) bond motifs is 1. The Balaban J connectivity index is 1.18. The summed E-state index contributed by atoms with van der Waals surface area (Å²) in [5.41, 5.74) is 12.1. The molecule has 5 nitrogen and oxygen atoms in total. The first-order valence-electron chi connectivity index (χ1n) is 12.7. The lowest BCUT2D eigenvalue weighted by Crippen LogP contribution is -2.32. The summed E-state index contributed by atoms with van der Waals surface area (Å²) in [6, 6.07) is 22.5. The van der Waals surface area contributed by atoms with Gasteiger partial charge < -0.3 is 15.4 Å². The standard InChI is InChI=1S/C30H35N3O2/c1-21(2)35-29-6-4-3-5-27(29)23-13-16-32(17-14-23)20-22-7-9-24(10-8-22)30(34)33-18-15-25-19-26(31)11-12-28(25)33/h3-12,19,21,23H,13-18,20,31H2,1-2H3. The fourth-order valence-corrected chi connectivity index (χ4v) is 5.38. The van der Waals surface area contributed by atoms with E-state index in [1.807, 2.05) is 35.2 Å². The number of likely N-dealkylation sites (tertiary alicyclic amines) is 1. The van der Waals surface area contributed by atoms with Gasteiger partial charge in [0.2, 0.25) is 0 Å². The first kappa shape index (κ1) is 23.4. The van der Waals surface area contributed by atoms with E-state index in [0.717, 1.165) is 67.1 Å². The van der Waals surface area contributed by atoms with Crippen molar-refractivity contribution in [2.45, 2.75) is 51.7 Å². The molecule has 2 heterocycles. The minimum atomic E-state index is 0.0585. The summed E-state index contributed by atoms with van der Waals surface area (Å²) in [7, 11) is 0. The average Bonchev–Trinajstić information content (AvgIpc) is 3.28. The van der Waals surface area contributed by atoms with E-state index in [2.05, 4.69) is 55.1 Å². The van der Waals surface area contributed by atoms with Gasteiger partial charge in [-0.2, -0.15) is 0 Å². The van der Waals surface area contributed by atoms with Crippen LogP contribution in [0.5, 0.6) is 5.75 Å². The second kappa shape index (κ2) is 10.1. The number of ether oxygens (including phenoxy) is 1. The molecular formula is C30H35N3O2. The van der Waals surface area contributed by atoms with Crippen molar-refractivity contribution < 1.29 is 9.53 Å². The van der Waals surface area contributed by atoms with Crippen LogP contribution in [0, 0.1) is 0 Å². The van der Waals surface area contributed by atoms with E-state index in [1.165, 1.54) is 11.1 Å². The van der Waals surface area contributed by atoms with Crippen LogP contribution in [0.15, 0.2) is 66.7 Å². The summed E-state index contributed by atoms with van der Waals surface area (Å²) in [6.07, 6.45) is 3.31. The van der Waals surface area contributed by atoms with Crippen LogP contribution in [0.2, 0.25) is 0 Å². The van der Waals surface area contributed by atoms with E-state index in [4.69, 9.17) is 10.5 Å². The van der Waals surface area contributed by atoms with E-state index < -0.39 is 0 Å². The maximum Gasteiger partial charge on any atom is 0.258 e. The molecule has 0 radical (unpaired) electrons. The molecule has 3 aromatic carbocycles. The third-order valence-corrected chi connectivity index (χ3v) is 7.16. The topological polar surface area (TPSA) is 58.8 Å². The molecule has 3 aromatic rings. The van der Waals surface area contributed by atoms with Gasteiger partial charge in [0.05, 0.1) is 6.10 Å². The minimum absolute atomic E-state index is 0.0585. The molecule has 2 aliphatic heterocycles. The first-order valence-corrected chi connectivity index (χ1v) is 12.7. The summed E-state index contributed by atoms with van der Waals surface area (Å²) in [4.78, 5) is 17.5. The normalized spacial score (nSPS) is 16.5. The lowest BCUT2D eigenvalue weighted by atomic mass is 9.88. The van der Waals surface area contributed by atoms with Crippen LogP contribution in [-0.4, -0.2) is 36.5 Å². The highest BCUT2D eigenvalue weighted by Gasteiger charge is 2.26.